The molecule has 0 aliphatic heterocycles. The van der Waals surface area contributed by atoms with E-state index in [1.165, 1.54) is 6.07 Å². The van der Waals surface area contributed by atoms with Crippen molar-refractivity contribution in [2.75, 3.05) is 11.6 Å². The minimum atomic E-state index is -3.46. The Kier molecular flexibility index (Phi) is 4.69. The first-order valence-corrected chi connectivity index (χ1v) is 8.74. The predicted molar refractivity (Wildman–Crippen MR) is 83.9 cm³/mol. The van der Waals surface area contributed by atoms with Crippen molar-refractivity contribution < 1.29 is 17.7 Å². The number of carbonyl (C=O) groups excluding carboxylic acids is 1. The number of aromatic nitrogens is 2. The Morgan fingerprint density at radius 3 is 2.57 bits per heavy atom. The Bertz CT molecular complexity index is 829. The second-order valence-electron chi connectivity index (χ2n) is 5.27. The third kappa shape index (κ3) is 4.28. The summed E-state index contributed by atoms with van der Waals surface area (Å²) in [6.45, 7) is 5.16. The van der Waals surface area contributed by atoms with Gasteiger partial charge in [-0.05, 0) is 38.5 Å². The van der Waals surface area contributed by atoms with Crippen molar-refractivity contribution in [2.45, 2.75) is 31.7 Å². The average molecular weight is 338 g/mol. The molecule has 0 fully saturated rings. The first-order chi connectivity index (χ1) is 10.7. The van der Waals surface area contributed by atoms with Crippen LogP contribution in [0.3, 0.4) is 0 Å². The van der Waals surface area contributed by atoms with E-state index < -0.39 is 21.9 Å². The Balaban J connectivity index is 2.16. The monoisotopic (exact) mass is 338 g/mol. The van der Waals surface area contributed by atoms with E-state index in [1.54, 1.807) is 32.9 Å². The van der Waals surface area contributed by atoms with Crippen LogP contribution in [0.1, 0.15) is 30.2 Å². The van der Waals surface area contributed by atoms with E-state index in [4.69, 9.17) is 4.52 Å². The number of urea groups is 1. The highest BCUT2D eigenvalue weighted by Crippen LogP contribution is 2.22. The van der Waals surface area contributed by atoms with Crippen LogP contribution in [0.4, 0.5) is 10.5 Å². The smallest absolute Gasteiger partial charge is 0.319 e. The molecule has 1 heterocycles. The van der Waals surface area contributed by atoms with E-state index in [0.29, 0.717) is 5.82 Å². The summed E-state index contributed by atoms with van der Waals surface area (Å²) >= 11 is 0. The maximum Gasteiger partial charge on any atom is 0.319 e. The summed E-state index contributed by atoms with van der Waals surface area (Å²) < 4.78 is 28.6. The standard InChI is InChI=1S/C14H18N4O4S/c1-8-5-6-12(23(4,20)21)11(7-8)17-14(19)15-9(2)13-16-10(3)18-22-13/h5-7,9H,1-4H3,(H2,15,17,19). The number of benzene rings is 1. The molecule has 0 aliphatic rings. The molecular formula is C14H18N4O4S. The lowest BCUT2D eigenvalue weighted by Gasteiger charge is -2.14. The molecular weight excluding hydrogens is 320 g/mol. The minimum Gasteiger partial charge on any atom is -0.337 e. The number of nitrogens with zero attached hydrogens (tertiary/aromatic N) is 2. The largest absolute Gasteiger partial charge is 0.337 e. The van der Waals surface area contributed by atoms with Gasteiger partial charge in [-0.15, -0.1) is 0 Å². The number of rotatable bonds is 4. The maximum atomic E-state index is 12.1. The Morgan fingerprint density at radius 2 is 2.00 bits per heavy atom. The van der Waals surface area contributed by atoms with Gasteiger partial charge in [0.05, 0.1) is 10.6 Å². The van der Waals surface area contributed by atoms with Gasteiger partial charge in [0.15, 0.2) is 15.7 Å². The van der Waals surface area contributed by atoms with E-state index in [-0.39, 0.29) is 16.5 Å². The molecule has 1 aromatic carbocycles. The van der Waals surface area contributed by atoms with Gasteiger partial charge in [-0.25, -0.2) is 13.2 Å². The molecule has 0 saturated carbocycles. The number of nitrogens with one attached hydrogen (secondary N) is 2. The normalized spacial score (nSPS) is 12.7. The van der Waals surface area contributed by atoms with Gasteiger partial charge < -0.3 is 15.2 Å². The van der Waals surface area contributed by atoms with Crippen LogP contribution in [0.5, 0.6) is 0 Å². The molecule has 2 aromatic rings. The highest BCUT2D eigenvalue weighted by molar-refractivity contribution is 7.90. The maximum absolute atomic E-state index is 12.1. The molecule has 0 radical (unpaired) electrons. The summed E-state index contributed by atoms with van der Waals surface area (Å²) in [5, 5.41) is 8.81. The van der Waals surface area contributed by atoms with Crippen molar-refractivity contribution in [3.05, 3.63) is 35.5 Å². The lowest BCUT2D eigenvalue weighted by atomic mass is 10.2. The SMILES string of the molecule is Cc1ccc(S(C)(=O)=O)c(NC(=O)NC(C)c2nc(C)no2)c1. The molecule has 2 amide bonds. The van der Waals surface area contributed by atoms with Gasteiger partial charge in [0.25, 0.3) is 0 Å². The number of amides is 2. The summed E-state index contributed by atoms with van der Waals surface area (Å²) in [5.74, 6) is 0.734. The minimum absolute atomic E-state index is 0.0551. The van der Waals surface area contributed by atoms with E-state index in [0.717, 1.165) is 11.8 Å². The fourth-order valence-corrected chi connectivity index (χ4v) is 2.80. The second-order valence-corrected chi connectivity index (χ2v) is 7.26. The van der Waals surface area contributed by atoms with Crippen LogP contribution < -0.4 is 10.6 Å². The molecule has 0 saturated heterocycles. The van der Waals surface area contributed by atoms with Gasteiger partial charge in [0, 0.05) is 6.26 Å². The van der Waals surface area contributed by atoms with Crippen molar-refractivity contribution in [1.82, 2.24) is 15.5 Å². The van der Waals surface area contributed by atoms with Crippen LogP contribution in [0.2, 0.25) is 0 Å². The van der Waals surface area contributed by atoms with Crippen molar-refractivity contribution >= 4 is 21.6 Å². The van der Waals surface area contributed by atoms with E-state index in [9.17, 15) is 13.2 Å². The van der Waals surface area contributed by atoms with Crippen LogP contribution in [-0.4, -0.2) is 30.8 Å². The molecule has 0 aliphatic carbocycles. The zero-order chi connectivity index (χ0) is 17.2. The molecule has 8 nitrogen and oxygen atoms in total. The first-order valence-electron chi connectivity index (χ1n) is 6.85. The van der Waals surface area contributed by atoms with Crippen molar-refractivity contribution in [3.8, 4) is 0 Å². The summed E-state index contributed by atoms with van der Waals surface area (Å²) in [4.78, 5) is 16.2. The van der Waals surface area contributed by atoms with Gasteiger partial charge in [-0.2, -0.15) is 4.98 Å². The van der Waals surface area contributed by atoms with E-state index in [2.05, 4.69) is 20.8 Å². The molecule has 1 unspecified atom stereocenters. The van der Waals surface area contributed by atoms with Gasteiger partial charge in [0.1, 0.15) is 6.04 Å². The molecule has 124 valence electrons. The van der Waals surface area contributed by atoms with Gasteiger partial charge in [-0.1, -0.05) is 11.2 Å². The fourth-order valence-electron chi connectivity index (χ4n) is 1.97. The first kappa shape index (κ1) is 16.9. The Hall–Kier alpha value is -2.42. The third-order valence-electron chi connectivity index (χ3n) is 3.04. The topological polar surface area (TPSA) is 114 Å². The number of hydrogen-bond acceptors (Lipinski definition) is 6. The molecule has 2 N–H and O–H groups in total. The van der Waals surface area contributed by atoms with Crippen molar-refractivity contribution in [1.29, 1.82) is 0 Å². The molecule has 0 spiro atoms. The van der Waals surface area contributed by atoms with Crippen LogP contribution in [-0.2, 0) is 9.84 Å². The zero-order valence-electron chi connectivity index (χ0n) is 13.2. The molecule has 0 bridgehead atoms. The van der Waals surface area contributed by atoms with E-state index in [1.807, 2.05) is 0 Å². The molecule has 1 atom stereocenters. The van der Waals surface area contributed by atoms with Crippen LogP contribution in [0, 0.1) is 13.8 Å². The highest BCUT2D eigenvalue weighted by atomic mass is 32.2. The molecule has 1 aromatic heterocycles. The quantitative estimate of drug-likeness (QED) is 0.881. The number of carbonyl (C=O) groups is 1. The van der Waals surface area contributed by atoms with Gasteiger partial charge in [-0.3, -0.25) is 0 Å². The molecule has 2 rings (SSSR count). The highest BCUT2D eigenvalue weighted by Gasteiger charge is 2.18. The average Bonchev–Trinajstić information content (AvgIpc) is 2.84. The molecule has 9 heteroatoms. The van der Waals surface area contributed by atoms with Crippen LogP contribution in [0.15, 0.2) is 27.6 Å². The second kappa shape index (κ2) is 6.37. The van der Waals surface area contributed by atoms with E-state index >= 15 is 0 Å². The summed E-state index contributed by atoms with van der Waals surface area (Å²) in [6.07, 6.45) is 1.09. The zero-order valence-corrected chi connectivity index (χ0v) is 14.1. The lowest BCUT2D eigenvalue weighted by molar-refractivity contribution is 0.245. The summed E-state index contributed by atoms with van der Waals surface area (Å²) in [5.41, 5.74) is 1.05. The Morgan fingerprint density at radius 1 is 1.30 bits per heavy atom. The van der Waals surface area contributed by atoms with Crippen molar-refractivity contribution in [3.63, 3.8) is 0 Å². The van der Waals surface area contributed by atoms with Gasteiger partial charge >= 0.3 is 6.03 Å². The fraction of sp³-hybridized carbons (Fsp3) is 0.357. The number of anilines is 1. The van der Waals surface area contributed by atoms with Gasteiger partial charge in [0.2, 0.25) is 5.89 Å². The van der Waals surface area contributed by atoms with Crippen LogP contribution >= 0.6 is 0 Å². The Labute approximate surface area is 134 Å². The summed E-state index contributed by atoms with van der Waals surface area (Å²) in [6, 6.07) is 3.65. The molecule has 23 heavy (non-hydrogen) atoms. The number of aryl methyl sites for hydroxylation is 2. The summed E-state index contributed by atoms with van der Waals surface area (Å²) in [7, 11) is -3.46. The third-order valence-corrected chi connectivity index (χ3v) is 4.20. The van der Waals surface area contributed by atoms with Crippen LogP contribution in [0.25, 0.3) is 0 Å². The lowest BCUT2D eigenvalue weighted by Crippen LogP contribution is -2.31. The van der Waals surface area contributed by atoms with Crippen molar-refractivity contribution in [2.24, 2.45) is 0 Å². The number of sulfone groups is 1. The number of hydrogen-bond donors (Lipinski definition) is 2. The predicted octanol–water partition coefficient (Wildman–Crippen LogP) is 1.97.